The lowest BCUT2D eigenvalue weighted by Crippen LogP contribution is -2.43. The number of aliphatic hydroxyl groups excluding tert-OH is 1. The number of alkyl halides is 1. The van der Waals surface area contributed by atoms with Gasteiger partial charge in [0.25, 0.3) is 0 Å². The summed E-state index contributed by atoms with van der Waals surface area (Å²) in [6.45, 7) is 2.15. The summed E-state index contributed by atoms with van der Waals surface area (Å²) in [6.07, 6.45) is 10.0. The second-order valence-corrected chi connectivity index (χ2v) is 11.6. The molecule has 3 N–H and O–H groups in total. The Labute approximate surface area is 213 Å². The monoisotopic (exact) mass is 599 g/mol. The Morgan fingerprint density at radius 2 is 2.12 bits per heavy atom. The van der Waals surface area contributed by atoms with E-state index in [4.69, 9.17) is 19.8 Å². The smallest absolute Gasteiger partial charge is 0.321 e. The average molecular weight is 599 g/mol. The first-order chi connectivity index (χ1) is 16.6. The number of hydrogen-bond donors (Lipinski definition) is 3. The van der Waals surface area contributed by atoms with Gasteiger partial charge in [0.15, 0.2) is 5.82 Å². The van der Waals surface area contributed by atoms with Crippen LogP contribution in [0.4, 0.5) is 16.6 Å². The molecular formula is C22H30IN7O3S. The molecule has 12 heteroatoms. The van der Waals surface area contributed by atoms with Crippen LogP contribution in [0.2, 0.25) is 0 Å². The van der Waals surface area contributed by atoms with Crippen molar-refractivity contribution in [1.29, 1.82) is 0 Å². The third-order valence-electron chi connectivity index (χ3n) is 6.06. The number of carbonyl (C=O) groups is 1. The van der Waals surface area contributed by atoms with Crippen molar-refractivity contribution < 1.29 is 14.6 Å². The number of hydrogen-bond acceptors (Lipinski definition) is 9. The van der Waals surface area contributed by atoms with Crippen LogP contribution in [-0.4, -0.2) is 78.8 Å². The highest BCUT2D eigenvalue weighted by Crippen LogP contribution is 2.48. The van der Waals surface area contributed by atoms with Crippen LogP contribution in [0.25, 0.3) is 11.4 Å². The number of morpholine rings is 1. The molecule has 1 saturated carbocycles. The Morgan fingerprint density at radius 3 is 2.79 bits per heavy atom. The molecule has 10 nitrogen and oxygen atoms in total. The van der Waals surface area contributed by atoms with Gasteiger partial charge in [0.1, 0.15) is 9.87 Å². The molecule has 0 radical (unpaired) electrons. The van der Waals surface area contributed by atoms with E-state index in [0.29, 0.717) is 24.6 Å². The minimum absolute atomic E-state index is 0.0130. The van der Waals surface area contributed by atoms with E-state index in [9.17, 15) is 4.79 Å². The fourth-order valence-corrected chi connectivity index (χ4v) is 6.80. The lowest BCUT2D eigenvalue weighted by atomic mass is 10.0. The number of nitrogens with zero attached hydrogens (tertiary/aromatic N) is 5. The van der Waals surface area contributed by atoms with Crippen LogP contribution in [0.15, 0.2) is 18.5 Å². The van der Waals surface area contributed by atoms with E-state index in [2.05, 4.69) is 42.3 Å². The number of ether oxygens (including phenoxy) is 1. The molecule has 1 aliphatic heterocycles. The van der Waals surface area contributed by atoms with Crippen LogP contribution in [0.3, 0.4) is 0 Å². The third kappa shape index (κ3) is 5.66. The van der Waals surface area contributed by atoms with Crippen LogP contribution < -0.4 is 15.5 Å². The van der Waals surface area contributed by atoms with Gasteiger partial charge < -0.3 is 20.1 Å². The summed E-state index contributed by atoms with van der Waals surface area (Å²) in [5.74, 6) is 1.65. The minimum atomic E-state index is -0.472. The number of amides is 2. The molecule has 0 bridgehead atoms. The van der Waals surface area contributed by atoms with Gasteiger partial charge in [0.05, 0.1) is 35.8 Å². The number of thioether (sulfide) groups is 1. The standard InChI is InChI=1S/C22H30IN7O3S/c1-23-17-14-33-10-8-30(17)18-11-16(22(34-2)5-3-4-6-22)27-19(28-18)15-12-25-20(26-13-15)29-21(32)24-7-9-31/h11-13,17,31H,1,3-10,14H2,2H3,(H2,24,25,26,29,32). The second kappa shape index (κ2) is 11.7. The van der Waals surface area contributed by atoms with E-state index in [0.717, 1.165) is 30.9 Å². The van der Waals surface area contributed by atoms with Gasteiger partial charge in [-0.15, -0.1) is 20.7 Å². The summed E-state index contributed by atoms with van der Waals surface area (Å²) in [7, 11) is 0. The Hall–Kier alpha value is -1.90. The first-order valence-electron chi connectivity index (χ1n) is 11.2. The summed E-state index contributed by atoms with van der Waals surface area (Å²) in [5, 5.41) is 13.9. The van der Waals surface area contributed by atoms with Crippen molar-refractivity contribution >= 4 is 54.8 Å². The second-order valence-electron chi connectivity index (χ2n) is 8.10. The van der Waals surface area contributed by atoms with E-state index in [-0.39, 0.29) is 48.6 Å². The van der Waals surface area contributed by atoms with Gasteiger partial charge in [0, 0.05) is 31.5 Å². The molecule has 4 rings (SSSR count). The number of aromatic nitrogens is 4. The van der Waals surface area contributed by atoms with Crippen molar-refractivity contribution in [2.45, 2.75) is 34.5 Å². The van der Waals surface area contributed by atoms with E-state index in [1.165, 1.54) is 12.8 Å². The van der Waals surface area contributed by atoms with Crippen molar-refractivity contribution in [3.8, 4) is 11.4 Å². The molecule has 1 aliphatic carbocycles. The highest BCUT2D eigenvalue weighted by Gasteiger charge is 2.37. The fourth-order valence-electron chi connectivity index (χ4n) is 4.24. The number of halogens is 1. The summed E-state index contributed by atoms with van der Waals surface area (Å²) in [4.78, 5) is 32.6. The number of aliphatic hydroxyl groups is 1. The van der Waals surface area contributed by atoms with Crippen LogP contribution in [0.1, 0.15) is 31.4 Å². The average Bonchev–Trinajstić information content (AvgIpc) is 3.38. The maximum absolute atomic E-state index is 11.8. The van der Waals surface area contributed by atoms with Gasteiger partial charge in [-0.2, -0.15) is 11.8 Å². The molecule has 0 spiro atoms. The first kappa shape index (κ1) is 25.2. The number of nitrogens with one attached hydrogen (secondary N) is 2. The maximum atomic E-state index is 11.8. The van der Waals surface area contributed by atoms with Crippen molar-refractivity contribution in [2.75, 3.05) is 49.4 Å². The lowest BCUT2D eigenvalue weighted by molar-refractivity contribution is 0.118. The predicted molar refractivity (Wildman–Crippen MR) is 144 cm³/mol. The molecule has 2 amide bonds. The number of urea groups is 1. The van der Waals surface area contributed by atoms with Crippen molar-refractivity contribution in [2.24, 2.45) is 0 Å². The molecule has 0 aromatic carbocycles. The highest BCUT2D eigenvalue weighted by atomic mass is 127. The normalized spacial score (nSPS) is 19.7. The molecule has 2 aromatic rings. The number of rotatable bonds is 8. The Balaban J connectivity index is 1.68. The van der Waals surface area contributed by atoms with Crippen molar-refractivity contribution in [3.05, 3.63) is 24.2 Å². The Kier molecular flexibility index (Phi) is 8.66. The van der Waals surface area contributed by atoms with Gasteiger partial charge >= 0.3 is 6.03 Å². The summed E-state index contributed by atoms with van der Waals surface area (Å²) < 4.78 is 10.2. The number of carbonyl (C=O) groups excluding carboxylic acids is 1. The molecule has 2 aromatic heterocycles. The molecule has 2 fully saturated rings. The molecule has 1 atom stereocenters. The van der Waals surface area contributed by atoms with Gasteiger partial charge in [-0.25, -0.2) is 24.7 Å². The summed E-state index contributed by atoms with van der Waals surface area (Å²) in [5.41, 5.74) is 1.74. The van der Waals surface area contributed by atoms with E-state index in [1.807, 2.05) is 11.8 Å². The largest absolute Gasteiger partial charge is 0.395 e. The Morgan fingerprint density at radius 1 is 1.35 bits per heavy atom. The Bertz CT molecular complexity index is 1000. The molecule has 3 heterocycles. The molecule has 1 saturated heterocycles. The van der Waals surface area contributed by atoms with Crippen molar-refractivity contribution in [1.82, 2.24) is 25.3 Å². The quantitative estimate of drug-likeness (QED) is 0.239. The van der Waals surface area contributed by atoms with E-state index >= 15 is 0 Å². The highest BCUT2D eigenvalue weighted by molar-refractivity contribution is 14.2. The van der Waals surface area contributed by atoms with Gasteiger partial charge in [-0.3, -0.25) is 5.32 Å². The molecular weight excluding hydrogens is 569 g/mol. The lowest BCUT2D eigenvalue weighted by Gasteiger charge is -2.35. The van der Waals surface area contributed by atoms with Crippen molar-refractivity contribution in [3.63, 3.8) is 0 Å². The molecule has 2 aliphatic rings. The van der Waals surface area contributed by atoms with E-state index < -0.39 is 6.03 Å². The molecule has 184 valence electrons. The first-order valence-corrected chi connectivity index (χ1v) is 15.2. The van der Waals surface area contributed by atoms with Crippen LogP contribution in [0.5, 0.6) is 0 Å². The van der Waals surface area contributed by atoms with Gasteiger partial charge in [-0.1, -0.05) is 17.4 Å². The van der Waals surface area contributed by atoms with Crippen LogP contribution in [-0.2, 0) is 9.48 Å². The summed E-state index contributed by atoms with van der Waals surface area (Å²) in [6, 6.07) is 1.69. The zero-order valence-electron chi connectivity index (χ0n) is 19.2. The molecule has 1 unspecified atom stereocenters. The van der Waals surface area contributed by atoms with E-state index in [1.54, 1.807) is 12.4 Å². The number of anilines is 2. The fraction of sp³-hybridized carbons (Fsp3) is 0.545. The molecule has 34 heavy (non-hydrogen) atoms. The zero-order valence-corrected chi connectivity index (χ0v) is 22.1. The summed E-state index contributed by atoms with van der Waals surface area (Å²) >= 11 is 1.57. The van der Waals surface area contributed by atoms with Crippen LogP contribution >= 0.6 is 32.5 Å². The minimum Gasteiger partial charge on any atom is -0.395 e. The third-order valence-corrected chi connectivity index (χ3v) is 9.50. The predicted octanol–water partition coefficient (Wildman–Crippen LogP) is 2.75. The zero-order chi connectivity index (χ0) is 24.0. The SMILES string of the molecule is C=IC1COCCN1c1cc(C2(SC)CCCC2)nc(-c2cnc(NC(=O)NCCO)nc2)n1. The maximum Gasteiger partial charge on any atom is 0.321 e. The van der Waals surface area contributed by atoms with Gasteiger partial charge in [0.2, 0.25) is 5.95 Å². The van der Waals surface area contributed by atoms with Gasteiger partial charge in [-0.05, 0) is 19.1 Å². The van der Waals surface area contributed by atoms with Crippen LogP contribution in [0, 0.1) is 0 Å². The topological polar surface area (TPSA) is 125 Å².